The Morgan fingerprint density at radius 2 is 1.77 bits per heavy atom. The smallest absolute Gasteiger partial charge is 0.323 e. The maximum atomic E-state index is 13.2. The van der Waals surface area contributed by atoms with E-state index in [4.69, 9.17) is 27.9 Å². The standard InChI is InChI=1S/C28H27Cl2NO4/c1-28(17-20-3-2-4-24(30)15-20)13-11-21-16-22(7-10-25(21)35-28)27(34)31(18-26(32)33)14-12-19-5-8-23(29)9-6-19/h2-10,15-16H,11-14,17-18H2,1H3,(H,32,33)/t28-/m0/s1. The molecular formula is C28H27Cl2NO4. The molecule has 1 atom stereocenters. The third kappa shape index (κ3) is 6.56. The summed E-state index contributed by atoms with van der Waals surface area (Å²) in [6, 6.07) is 20.5. The van der Waals surface area contributed by atoms with Gasteiger partial charge in [0.1, 0.15) is 17.9 Å². The average molecular weight is 512 g/mol. The Hall–Kier alpha value is -3.02. The molecule has 7 heteroatoms. The minimum atomic E-state index is -1.05. The Bertz CT molecular complexity index is 1230. The van der Waals surface area contributed by atoms with Gasteiger partial charge >= 0.3 is 5.97 Å². The highest BCUT2D eigenvalue weighted by Gasteiger charge is 2.32. The van der Waals surface area contributed by atoms with Crippen LogP contribution in [-0.2, 0) is 24.1 Å². The lowest BCUT2D eigenvalue weighted by Crippen LogP contribution is -2.39. The van der Waals surface area contributed by atoms with Gasteiger partial charge in [-0.1, -0.05) is 47.5 Å². The van der Waals surface area contributed by atoms with Crippen LogP contribution >= 0.6 is 23.2 Å². The van der Waals surface area contributed by atoms with Gasteiger partial charge in [-0.3, -0.25) is 9.59 Å². The summed E-state index contributed by atoms with van der Waals surface area (Å²) in [7, 11) is 0. The van der Waals surface area contributed by atoms with E-state index in [1.54, 1.807) is 18.2 Å². The van der Waals surface area contributed by atoms with E-state index in [1.165, 1.54) is 4.90 Å². The number of ether oxygens (including phenoxy) is 1. The van der Waals surface area contributed by atoms with E-state index in [0.29, 0.717) is 22.0 Å². The van der Waals surface area contributed by atoms with Gasteiger partial charge in [-0.15, -0.1) is 0 Å². The summed E-state index contributed by atoms with van der Waals surface area (Å²) in [5, 5.41) is 10.7. The highest BCUT2D eigenvalue weighted by atomic mass is 35.5. The van der Waals surface area contributed by atoms with Crippen LogP contribution in [0.1, 0.15) is 40.4 Å². The molecule has 0 spiro atoms. The van der Waals surface area contributed by atoms with Crippen LogP contribution in [0.2, 0.25) is 10.0 Å². The molecule has 1 aliphatic rings. The van der Waals surface area contributed by atoms with E-state index in [2.05, 4.69) is 6.92 Å². The first-order valence-corrected chi connectivity index (χ1v) is 12.3. The minimum absolute atomic E-state index is 0.290. The summed E-state index contributed by atoms with van der Waals surface area (Å²) in [5.41, 5.74) is 3.13. The molecular weight excluding hydrogens is 485 g/mol. The van der Waals surface area contributed by atoms with E-state index in [9.17, 15) is 14.7 Å². The van der Waals surface area contributed by atoms with Crippen molar-refractivity contribution in [2.24, 2.45) is 0 Å². The van der Waals surface area contributed by atoms with Gasteiger partial charge < -0.3 is 14.7 Å². The lowest BCUT2D eigenvalue weighted by molar-refractivity contribution is -0.137. The van der Waals surface area contributed by atoms with Gasteiger partial charge in [0.25, 0.3) is 5.91 Å². The van der Waals surface area contributed by atoms with Crippen molar-refractivity contribution in [2.45, 2.75) is 38.2 Å². The maximum Gasteiger partial charge on any atom is 0.323 e. The van der Waals surface area contributed by atoms with Crippen LogP contribution in [0, 0.1) is 0 Å². The van der Waals surface area contributed by atoms with Gasteiger partial charge in [0.05, 0.1) is 0 Å². The van der Waals surface area contributed by atoms with E-state index in [-0.39, 0.29) is 24.6 Å². The molecule has 4 rings (SSSR count). The van der Waals surface area contributed by atoms with Crippen LogP contribution in [-0.4, -0.2) is 40.6 Å². The number of amides is 1. The molecule has 35 heavy (non-hydrogen) atoms. The van der Waals surface area contributed by atoms with Crippen LogP contribution in [0.5, 0.6) is 5.75 Å². The fourth-order valence-electron chi connectivity index (χ4n) is 4.44. The number of halogens is 2. The first-order valence-electron chi connectivity index (χ1n) is 11.5. The zero-order valence-electron chi connectivity index (χ0n) is 19.5. The van der Waals surface area contributed by atoms with Crippen LogP contribution in [0.3, 0.4) is 0 Å². The van der Waals surface area contributed by atoms with Crippen molar-refractivity contribution in [3.05, 3.63) is 99.0 Å². The number of benzene rings is 3. The molecule has 3 aromatic rings. The summed E-state index contributed by atoms with van der Waals surface area (Å²) < 4.78 is 6.37. The number of hydrogen-bond donors (Lipinski definition) is 1. The lowest BCUT2D eigenvalue weighted by Gasteiger charge is -2.36. The Morgan fingerprint density at radius 3 is 2.49 bits per heavy atom. The zero-order valence-corrected chi connectivity index (χ0v) is 21.0. The van der Waals surface area contributed by atoms with Crippen LogP contribution in [0.15, 0.2) is 66.7 Å². The van der Waals surface area contributed by atoms with Crippen molar-refractivity contribution in [2.75, 3.05) is 13.1 Å². The van der Waals surface area contributed by atoms with Crippen LogP contribution < -0.4 is 4.74 Å². The van der Waals surface area contributed by atoms with Crippen molar-refractivity contribution in [3.8, 4) is 5.75 Å². The fraction of sp³-hybridized carbons (Fsp3) is 0.286. The summed E-state index contributed by atoms with van der Waals surface area (Å²) in [6.07, 6.45) is 2.81. The van der Waals surface area contributed by atoms with E-state index in [1.807, 2.05) is 48.5 Å². The van der Waals surface area contributed by atoms with Crippen molar-refractivity contribution < 1.29 is 19.4 Å². The Morgan fingerprint density at radius 1 is 1.00 bits per heavy atom. The molecule has 1 N–H and O–H groups in total. The summed E-state index contributed by atoms with van der Waals surface area (Å²) in [6.45, 7) is 2.01. The van der Waals surface area contributed by atoms with Gasteiger partial charge in [-0.2, -0.15) is 0 Å². The highest BCUT2D eigenvalue weighted by Crippen LogP contribution is 2.36. The number of aliphatic carboxylic acids is 1. The van der Waals surface area contributed by atoms with Gasteiger partial charge in [0, 0.05) is 28.6 Å². The monoisotopic (exact) mass is 511 g/mol. The van der Waals surface area contributed by atoms with E-state index < -0.39 is 5.97 Å². The van der Waals surface area contributed by atoms with Crippen molar-refractivity contribution in [1.29, 1.82) is 0 Å². The van der Waals surface area contributed by atoms with Crippen molar-refractivity contribution in [1.82, 2.24) is 4.90 Å². The molecule has 0 fully saturated rings. The molecule has 1 heterocycles. The Kier molecular flexibility index (Phi) is 7.68. The lowest BCUT2D eigenvalue weighted by atomic mass is 9.87. The number of rotatable bonds is 8. The predicted octanol–water partition coefficient (Wildman–Crippen LogP) is 6.09. The molecule has 0 saturated carbocycles. The molecule has 5 nitrogen and oxygen atoms in total. The molecule has 0 bridgehead atoms. The van der Waals surface area contributed by atoms with Gasteiger partial charge in [-0.25, -0.2) is 0 Å². The molecule has 0 saturated heterocycles. The van der Waals surface area contributed by atoms with Gasteiger partial charge in [-0.05, 0) is 85.3 Å². The van der Waals surface area contributed by atoms with E-state index >= 15 is 0 Å². The Labute approximate surface area is 215 Å². The SMILES string of the molecule is C[C@@]1(Cc2cccc(Cl)c2)CCc2cc(C(=O)N(CCc3ccc(Cl)cc3)CC(=O)O)ccc2O1. The van der Waals surface area contributed by atoms with Crippen LogP contribution in [0.25, 0.3) is 0 Å². The molecule has 1 aliphatic heterocycles. The van der Waals surface area contributed by atoms with Gasteiger partial charge in [0.15, 0.2) is 0 Å². The zero-order chi connectivity index (χ0) is 25.0. The highest BCUT2D eigenvalue weighted by molar-refractivity contribution is 6.30. The normalized spacial score (nSPS) is 16.8. The molecule has 0 aliphatic carbocycles. The molecule has 0 radical (unpaired) electrons. The molecule has 3 aromatic carbocycles. The number of fused-ring (bicyclic) bond motifs is 1. The molecule has 182 valence electrons. The van der Waals surface area contributed by atoms with Crippen molar-refractivity contribution >= 4 is 35.1 Å². The number of carbonyl (C=O) groups is 2. The number of nitrogens with zero attached hydrogens (tertiary/aromatic N) is 1. The predicted molar refractivity (Wildman–Crippen MR) is 138 cm³/mol. The van der Waals surface area contributed by atoms with Gasteiger partial charge in [0.2, 0.25) is 0 Å². The number of carboxylic acid groups (broad SMARTS) is 1. The first-order chi connectivity index (χ1) is 16.7. The average Bonchev–Trinajstić information content (AvgIpc) is 2.81. The third-order valence-corrected chi connectivity index (χ3v) is 6.74. The number of aryl methyl sites for hydroxylation is 1. The van der Waals surface area contributed by atoms with E-state index in [0.717, 1.165) is 41.7 Å². The number of hydrogen-bond acceptors (Lipinski definition) is 3. The topological polar surface area (TPSA) is 66.8 Å². The largest absolute Gasteiger partial charge is 0.487 e. The number of carbonyl (C=O) groups excluding carboxylic acids is 1. The second-order valence-corrected chi connectivity index (χ2v) is 10.1. The summed E-state index contributed by atoms with van der Waals surface area (Å²) in [5.74, 6) is -0.604. The summed E-state index contributed by atoms with van der Waals surface area (Å²) >= 11 is 12.1. The Balaban J connectivity index is 1.47. The first kappa shape index (κ1) is 25.1. The van der Waals surface area contributed by atoms with Crippen LogP contribution in [0.4, 0.5) is 0 Å². The second-order valence-electron chi connectivity index (χ2n) is 9.18. The second kappa shape index (κ2) is 10.7. The quantitative estimate of drug-likeness (QED) is 0.397. The maximum absolute atomic E-state index is 13.2. The minimum Gasteiger partial charge on any atom is -0.487 e. The van der Waals surface area contributed by atoms with Crippen molar-refractivity contribution in [3.63, 3.8) is 0 Å². The summed E-state index contributed by atoms with van der Waals surface area (Å²) in [4.78, 5) is 26.0. The molecule has 0 aromatic heterocycles. The molecule has 0 unspecified atom stereocenters. The molecule has 1 amide bonds. The number of carboxylic acids is 1. The third-order valence-electron chi connectivity index (χ3n) is 6.25. The fourth-order valence-corrected chi connectivity index (χ4v) is 4.78.